The van der Waals surface area contributed by atoms with E-state index in [9.17, 15) is 0 Å². The van der Waals surface area contributed by atoms with E-state index in [0.29, 0.717) is 0 Å². The summed E-state index contributed by atoms with van der Waals surface area (Å²) in [5.41, 5.74) is 7.36. The van der Waals surface area contributed by atoms with Gasteiger partial charge in [0, 0.05) is 0 Å². The molecular weight excluding hydrogens is 156 g/mol. The highest BCUT2D eigenvalue weighted by Crippen LogP contribution is 2.30. The van der Waals surface area contributed by atoms with Crippen LogP contribution in [-0.2, 0) is 12.8 Å². The van der Waals surface area contributed by atoms with E-state index in [-0.39, 0.29) is 0 Å². The van der Waals surface area contributed by atoms with Crippen LogP contribution in [0.4, 0.5) is 0 Å². The van der Waals surface area contributed by atoms with Gasteiger partial charge in [-0.2, -0.15) is 0 Å². The summed E-state index contributed by atoms with van der Waals surface area (Å²) < 4.78 is 0. The normalized spacial score (nSPS) is 17.2. The topological polar surface area (TPSA) is 0 Å². The minimum absolute atomic E-state index is 1.12. The van der Waals surface area contributed by atoms with E-state index in [1.54, 1.807) is 0 Å². The molecule has 0 saturated heterocycles. The molecule has 3 rings (SSSR count). The second-order valence-electron chi connectivity index (χ2n) is 4.02. The van der Waals surface area contributed by atoms with Gasteiger partial charge in [0.1, 0.15) is 0 Å². The number of hydrogen-bond acceptors (Lipinski definition) is 0. The van der Waals surface area contributed by atoms with Crippen LogP contribution >= 0.6 is 0 Å². The first kappa shape index (κ1) is 7.14. The van der Waals surface area contributed by atoms with Crippen molar-refractivity contribution < 1.29 is 0 Å². The number of fused-ring (bicyclic) bond motifs is 2. The Labute approximate surface area is 78.6 Å². The Bertz CT molecular complexity index is 434. The fourth-order valence-electron chi connectivity index (χ4n) is 2.28. The van der Waals surface area contributed by atoms with Crippen LogP contribution in [0.1, 0.15) is 29.2 Å². The van der Waals surface area contributed by atoms with Crippen LogP contribution in [0.5, 0.6) is 0 Å². The lowest BCUT2D eigenvalue weighted by atomic mass is 10.0. The lowest BCUT2D eigenvalue weighted by Gasteiger charge is -2.03. The lowest BCUT2D eigenvalue weighted by molar-refractivity contribution is 1.18. The SMILES string of the molecule is CC1=Cc2cc3c(cc2C1)C=CC3. The van der Waals surface area contributed by atoms with Gasteiger partial charge in [-0.1, -0.05) is 35.9 Å². The molecule has 0 fully saturated rings. The predicted molar refractivity (Wildman–Crippen MR) is 56.5 cm³/mol. The van der Waals surface area contributed by atoms with Crippen molar-refractivity contribution in [3.63, 3.8) is 0 Å². The summed E-state index contributed by atoms with van der Waals surface area (Å²) in [6.45, 7) is 2.21. The Morgan fingerprint density at radius 2 is 1.92 bits per heavy atom. The van der Waals surface area contributed by atoms with Gasteiger partial charge in [0.15, 0.2) is 0 Å². The quantitative estimate of drug-likeness (QED) is 0.558. The molecule has 64 valence electrons. The van der Waals surface area contributed by atoms with Crippen molar-refractivity contribution in [1.29, 1.82) is 0 Å². The maximum atomic E-state index is 2.35. The van der Waals surface area contributed by atoms with Gasteiger partial charge in [-0.05, 0) is 42.0 Å². The maximum absolute atomic E-state index is 2.35. The summed E-state index contributed by atoms with van der Waals surface area (Å²) in [7, 11) is 0. The predicted octanol–water partition coefficient (Wildman–Crippen LogP) is 3.22. The lowest BCUT2D eigenvalue weighted by Crippen LogP contribution is -1.88. The van der Waals surface area contributed by atoms with Crippen LogP contribution in [0, 0.1) is 0 Å². The third kappa shape index (κ3) is 0.983. The van der Waals surface area contributed by atoms with Gasteiger partial charge in [0.05, 0.1) is 0 Å². The fraction of sp³-hybridized carbons (Fsp3) is 0.231. The van der Waals surface area contributed by atoms with Crippen LogP contribution in [0.3, 0.4) is 0 Å². The summed E-state index contributed by atoms with van der Waals surface area (Å²) in [6, 6.07) is 4.70. The van der Waals surface area contributed by atoms with Crippen molar-refractivity contribution in [3.05, 3.63) is 46.0 Å². The third-order valence-electron chi connectivity index (χ3n) is 2.91. The van der Waals surface area contributed by atoms with Gasteiger partial charge in [-0.3, -0.25) is 0 Å². The number of hydrogen-bond donors (Lipinski definition) is 0. The molecule has 0 aromatic heterocycles. The minimum Gasteiger partial charge on any atom is -0.0795 e. The van der Waals surface area contributed by atoms with Gasteiger partial charge in [0.2, 0.25) is 0 Å². The van der Waals surface area contributed by atoms with Crippen molar-refractivity contribution in [1.82, 2.24) is 0 Å². The van der Waals surface area contributed by atoms with Gasteiger partial charge >= 0.3 is 0 Å². The standard InChI is InChI=1S/C13H12/c1-9-5-12-7-10-3-2-4-11(10)8-13(12)6-9/h2-3,6-8H,4-5H2,1H3. The van der Waals surface area contributed by atoms with E-state index in [2.05, 4.69) is 37.3 Å². The summed E-state index contributed by atoms with van der Waals surface area (Å²) in [5.74, 6) is 0. The van der Waals surface area contributed by atoms with Crippen molar-refractivity contribution in [3.8, 4) is 0 Å². The Kier molecular flexibility index (Phi) is 1.29. The van der Waals surface area contributed by atoms with E-state index in [1.807, 2.05) is 0 Å². The highest BCUT2D eigenvalue weighted by atomic mass is 14.2. The first-order chi connectivity index (χ1) is 6.33. The summed E-state index contributed by atoms with van der Waals surface area (Å²) >= 11 is 0. The number of benzene rings is 1. The van der Waals surface area contributed by atoms with Gasteiger partial charge in [-0.15, -0.1) is 0 Å². The van der Waals surface area contributed by atoms with Crippen LogP contribution in [0.25, 0.3) is 12.2 Å². The summed E-state index contributed by atoms with van der Waals surface area (Å²) in [5, 5.41) is 0. The average Bonchev–Trinajstić information content (AvgIpc) is 2.63. The molecule has 1 aromatic rings. The van der Waals surface area contributed by atoms with Gasteiger partial charge < -0.3 is 0 Å². The third-order valence-corrected chi connectivity index (χ3v) is 2.91. The zero-order valence-corrected chi connectivity index (χ0v) is 7.80. The second-order valence-corrected chi connectivity index (χ2v) is 4.02. The van der Waals surface area contributed by atoms with Crippen LogP contribution in [0.15, 0.2) is 23.8 Å². The van der Waals surface area contributed by atoms with E-state index in [1.165, 1.54) is 27.8 Å². The molecule has 0 spiro atoms. The monoisotopic (exact) mass is 168 g/mol. The molecule has 0 heterocycles. The van der Waals surface area contributed by atoms with Crippen molar-refractivity contribution in [2.24, 2.45) is 0 Å². The van der Waals surface area contributed by atoms with E-state index in [0.717, 1.165) is 12.8 Å². The maximum Gasteiger partial charge on any atom is -0.00604 e. The molecule has 2 aliphatic carbocycles. The average molecular weight is 168 g/mol. The number of rotatable bonds is 0. The highest BCUT2D eigenvalue weighted by Gasteiger charge is 2.13. The second kappa shape index (κ2) is 2.35. The van der Waals surface area contributed by atoms with Crippen molar-refractivity contribution in [2.75, 3.05) is 0 Å². The first-order valence-electron chi connectivity index (χ1n) is 4.82. The van der Waals surface area contributed by atoms with Crippen molar-refractivity contribution >= 4 is 12.2 Å². The molecule has 0 saturated carbocycles. The van der Waals surface area contributed by atoms with E-state index < -0.39 is 0 Å². The molecule has 0 aliphatic heterocycles. The molecule has 13 heavy (non-hydrogen) atoms. The van der Waals surface area contributed by atoms with Crippen LogP contribution in [0.2, 0.25) is 0 Å². The molecule has 0 unspecified atom stereocenters. The molecule has 0 amide bonds. The summed E-state index contributed by atoms with van der Waals surface area (Å²) in [6.07, 6.45) is 9.07. The minimum atomic E-state index is 1.12. The molecule has 0 nitrogen and oxygen atoms in total. The van der Waals surface area contributed by atoms with E-state index in [4.69, 9.17) is 0 Å². The Morgan fingerprint density at radius 3 is 2.85 bits per heavy atom. The molecule has 0 bridgehead atoms. The van der Waals surface area contributed by atoms with Crippen LogP contribution in [-0.4, -0.2) is 0 Å². The highest BCUT2D eigenvalue weighted by molar-refractivity contribution is 5.70. The molecular formula is C13H12. The van der Waals surface area contributed by atoms with Gasteiger partial charge in [-0.25, -0.2) is 0 Å². The largest absolute Gasteiger partial charge is 0.0795 e. The fourth-order valence-corrected chi connectivity index (χ4v) is 2.28. The van der Waals surface area contributed by atoms with Gasteiger partial charge in [0.25, 0.3) is 0 Å². The first-order valence-corrected chi connectivity index (χ1v) is 4.82. The Balaban J connectivity index is 2.20. The smallest absolute Gasteiger partial charge is 0.00604 e. The molecule has 2 aliphatic rings. The van der Waals surface area contributed by atoms with E-state index >= 15 is 0 Å². The molecule has 0 atom stereocenters. The Hall–Kier alpha value is -1.30. The summed E-state index contributed by atoms with van der Waals surface area (Å²) in [4.78, 5) is 0. The zero-order chi connectivity index (χ0) is 8.84. The number of allylic oxidation sites excluding steroid dienone is 2. The molecule has 0 N–H and O–H groups in total. The Morgan fingerprint density at radius 1 is 1.08 bits per heavy atom. The van der Waals surface area contributed by atoms with Crippen molar-refractivity contribution in [2.45, 2.75) is 19.8 Å². The molecule has 1 aromatic carbocycles. The van der Waals surface area contributed by atoms with Crippen LogP contribution < -0.4 is 0 Å². The molecule has 0 heteroatoms. The zero-order valence-electron chi connectivity index (χ0n) is 7.80. The molecule has 0 radical (unpaired) electrons.